The number of methoxy groups -OCH3 is 1. The van der Waals surface area contributed by atoms with Crippen LogP contribution in [0, 0.1) is 0 Å². The Balaban J connectivity index is 1.62. The molecular weight excluding hydrogens is 424 g/mol. The van der Waals surface area contributed by atoms with E-state index in [1.807, 2.05) is 0 Å². The number of halogens is 1. The number of aromatic nitrogens is 3. The highest BCUT2D eigenvalue weighted by atomic mass is 35.5. The van der Waals surface area contributed by atoms with Gasteiger partial charge in [0.15, 0.2) is 0 Å². The minimum Gasteiger partial charge on any atom is -0.383 e. The third-order valence-corrected chi connectivity index (χ3v) is 8.77. The Hall–Kier alpha value is -1.20. The lowest BCUT2D eigenvalue weighted by Gasteiger charge is -2.31. The fraction of sp³-hybridized carbons (Fsp3) is 0.647. The number of piperidine rings is 1. The van der Waals surface area contributed by atoms with Crippen LogP contribution in [-0.4, -0.2) is 53.9 Å². The summed E-state index contributed by atoms with van der Waals surface area (Å²) in [5.74, 6) is 0.601. The van der Waals surface area contributed by atoms with E-state index in [2.05, 4.69) is 5.10 Å². The zero-order valence-corrected chi connectivity index (χ0v) is 18.0. The summed E-state index contributed by atoms with van der Waals surface area (Å²) in [6, 6.07) is 3.33. The van der Waals surface area contributed by atoms with Crippen LogP contribution in [0.2, 0.25) is 4.34 Å². The molecule has 11 heteroatoms. The monoisotopic (exact) mass is 446 g/mol. The molecule has 1 aliphatic carbocycles. The van der Waals surface area contributed by atoms with Gasteiger partial charge in [0, 0.05) is 32.2 Å². The van der Waals surface area contributed by atoms with Gasteiger partial charge in [-0.1, -0.05) is 11.6 Å². The van der Waals surface area contributed by atoms with Crippen LogP contribution in [0.3, 0.4) is 0 Å². The van der Waals surface area contributed by atoms with Crippen molar-refractivity contribution in [1.29, 1.82) is 0 Å². The Morgan fingerprint density at radius 2 is 2.11 bits per heavy atom. The molecular formula is C17H23ClN4O4S2. The van der Waals surface area contributed by atoms with Gasteiger partial charge in [0.05, 0.1) is 17.5 Å². The van der Waals surface area contributed by atoms with Gasteiger partial charge in [-0.05, 0) is 37.8 Å². The van der Waals surface area contributed by atoms with Gasteiger partial charge in [0.1, 0.15) is 10.0 Å². The highest BCUT2D eigenvalue weighted by molar-refractivity contribution is 7.91. The second-order valence-corrected chi connectivity index (χ2v) is 11.1. The molecule has 8 nitrogen and oxygen atoms in total. The van der Waals surface area contributed by atoms with E-state index in [0.29, 0.717) is 36.4 Å². The summed E-state index contributed by atoms with van der Waals surface area (Å²) in [6.07, 6.45) is 3.47. The van der Waals surface area contributed by atoms with Crippen LogP contribution in [0.15, 0.2) is 21.1 Å². The fourth-order valence-electron chi connectivity index (χ4n) is 3.65. The smallest absolute Gasteiger partial charge is 0.346 e. The van der Waals surface area contributed by atoms with Crippen molar-refractivity contribution in [3.63, 3.8) is 0 Å². The molecule has 0 spiro atoms. The number of sulfonamides is 1. The average molecular weight is 447 g/mol. The first-order valence-corrected chi connectivity index (χ1v) is 12.0. The molecule has 1 unspecified atom stereocenters. The summed E-state index contributed by atoms with van der Waals surface area (Å²) >= 11 is 6.99. The maximum atomic E-state index is 13.0. The molecule has 0 aromatic carbocycles. The number of hydrogen-bond acceptors (Lipinski definition) is 6. The highest BCUT2D eigenvalue weighted by Gasteiger charge is 2.37. The molecule has 2 aromatic heterocycles. The van der Waals surface area contributed by atoms with Crippen LogP contribution in [0.5, 0.6) is 0 Å². The van der Waals surface area contributed by atoms with Gasteiger partial charge in [-0.2, -0.15) is 9.40 Å². The Labute approximate surface area is 172 Å². The zero-order chi connectivity index (χ0) is 19.9. The first-order valence-electron chi connectivity index (χ1n) is 9.35. The van der Waals surface area contributed by atoms with E-state index in [1.165, 1.54) is 8.99 Å². The maximum absolute atomic E-state index is 13.0. The molecule has 154 valence electrons. The van der Waals surface area contributed by atoms with Crippen LogP contribution >= 0.6 is 22.9 Å². The van der Waals surface area contributed by atoms with Crippen molar-refractivity contribution in [2.24, 2.45) is 0 Å². The van der Waals surface area contributed by atoms with Crippen molar-refractivity contribution in [1.82, 2.24) is 18.7 Å². The van der Waals surface area contributed by atoms with Crippen molar-refractivity contribution in [2.75, 3.05) is 26.8 Å². The molecule has 0 bridgehead atoms. The number of hydrogen-bond donors (Lipinski definition) is 0. The second kappa shape index (κ2) is 7.91. The largest absolute Gasteiger partial charge is 0.383 e. The fourth-order valence-corrected chi connectivity index (χ4v) is 6.81. The molecule has 1 aliphatic heterocycles. The zero-order valence-electron chi connectivity index (χ0n) is 15.6. The van der Waals surface area contributed by atoms with Gasteiger partial charge >= 0.3 is 5.69 Å². The van der Waals surface area contributed by atoms with E-state index >= 15 is 0 Å². The average Bonchev–Trinajstić information content (AvgIpc) is 3.33. The van der Waals surface area contributed by atoms with Crippen molar-refractivity contribution in [3.8, 4) is 0 Å². The van der Waals surface area contributed by atoms with E-state index in [-0.39, 0.29) is 21.9 Å². The minimum absolute atomic E-state index is 0.101. The molecule has 2 aromatic rings. The number of thiophene rings is 1. The van der Waals surface area contributed by atoms with Crippen LogP contribution in [0.25, 0.3) is 0 Å². The predicted octanol–water partition coefficient (Wildman–Crippen LogP) is 2.31. The summed E-state index contributed by atoms with van der Waals surface area (Å²) in [4.78, 5) is 12.8. The lowest BCUT2D eigenvalue weighted by Crippen LogP contribution is -2.39. The van der Waals surface area contributed by atoms with Gasteiger partial charge in [-0.15, -0.1) is 11.3 Å². The van der Waals surface area contributed by atoms with Crippen molar-refractivity contribution < 1.29 is 13.2 Å². The van der Waals surface area contributed by atoms with E-state index in [4.69, 9.17) is 16.3 Å². The highest BCUT2D eigenvalue weighted by Crippen LogP contribution is 2.38. The molecule has 2 fully saturated rings. The van der Waals surface area contributed by atoms with Gasteiger partial charge in [-0.25, -0.2) is 17.9 Å². The lowest BCUT2D eigenvalue weighted by atomic mass is 9.99. The Bertz CT molecular complexity index is 1010. The quantitative estimate of drug-likeness (QED) is 0.651. The summed E-state index contributed by atoms with van der Waals surface area (Å²) in [5, 5.41) is 4.57. The predicted molar refractivity (Wildman–Crippen MR) is 107 cm³/mol. The van der Waals surface area contributed by atoms with Crippen LogP contribution in [0.4, 0.5) is 0 Å². The Morgan fingerprint density at radius 1 is 1.32 bits per heavy atom. The first kappa shape index (κ1) is 20.1. The van der Waals surface area contributed by atoms with E-state index in [9.17, 15) is 13.2 Å². The summed E-state index contributed by atoms with van der Waals surface area (Å²) in [5.41, 5.74) is -0.125. The van der Waals surface area contributed by atoms with Crippen molar-refractivity contribution >= 4 is 33.0 Å². The van der Waals surface area contributed by atoms with Crippen molar-refractivity contribution in [2.45, 2.75) is 48.4 Å². The molecule has 28 heavy (non-hydrogen) atoms. The Morgan fingerprint density at radius 3 is 2.75 bits per heavy atom. The standard InChI is InChI=1S/C17H23ClN4O4S2/c1-26-10-9-21-17(23)22(13-4-5-13)16(19-21)12-3-2-8-20(11-12)28(24,25)15-7-6-14(18)27-15/h6-7,12-13H,2-5,8-11H2,1H3. The normalized spacial score (nSPS) is 21.3. The summed E-state index contributed by atoms with van der Waals surface area (Å²) < 4.78 is 36.5. The summed E-state index contributed by atoms with van der Waals surface area (Å²) in [6.45, 7) is 1.59. The molecule has 0 amide bonds. The van der Waals surface area contributed by atoms with Crippen LogP contribution in [0.1, 0.15) is 43.5 Å². The molecule has 0 N–H and O–H groups in total. The lowest BCUT2D eigenvalue weighted by molar-refractivity contribution is 0.182. The van der Waals surface area contributed by atoms with Gasteiger partial charge in [0.25, 0.3) is 10.0 Å². The molecule has 1 saturated heterocycles. The minimum atomic E-state index is -3.59. The third kappa shape index (κ3) is 3.80. The van der Waals surface area contributed by atoms with Crippen molar-refractivity contribution in [3.05, 3.63) is 32.8 Å². The number of nitrogens with zero attached hydrogens (tertiary/aromatic N) is 4. The van der Waals surface area contributed by atoms with Gasteiger partial charge < -0.3 is 4.74 Å². The van der Waals surface area contributed by atoms with Gasteiger partial charge in [-0.3, -0.25) is 4.57 Å². The molecule has 4 rings (SSSR count). The van der Waals surface area contributed by atoms with E-state index < -0.39 is 10.0 Å². The SMILES string of the molecule is COCCn1nc(C2CCCN(S(=O)(=O)c3ccc(Cl)s3)C2)n(C2CC2)c1=O. The van der Waals surface area contributed by atoms with E-state index in [1.54, 1.807) is 23.8 Å². The second-order valence-electron chi connectivity index (χ2n) is 7.22. The molecule has 3 heterocycles. The van der Waals surface area contributed by atoms with Crippen LogP contribution < -0.4 is 5.69 Å². The molecule has 1 saturated carbocycles. The molecule has 2 aliphatic rings. The number of ether oxygens (including phenoxy) is 1. The Kier molecular flexibility index (Phi) is 5.67. The number of rotatable bonds is 7. The third-order valence-electron chi connectivity index (χ3n) is 5.21. The van der Waals surface area contributed by atoms with Crippen LogP contribution in [-0.2, 0) is 21.3 Å². The maximum Gasteiger partial charge on any atom is 0.346 e. The topological polar surface area (TPSA) is 86.4 Å². The summed E-state index contributed by atoms with van der Waals surface area (Å²) in [7, 11) is -2.00. The van der Waals surface area contributed by atoms with E-state index in [0.717, 1.165) is 37.0 Å². The molecule has 0 radical (unpaired) electrons. The molecule has 1 atom stereocenters. The van der Waals surface area contributed by atoms with Gasteiger partial charge in [0.2, 0.25) is 0 Å². The first-order chi connectivity index (χ1) is 13.4.